The third kappa shape index (κ3) is 3.10. The SMILES string of the molecule is Cc1cc(C)c(S(=O)(=O)Nc2c(C)c(C)c(O)c(Cl)c2C)c(C)c1. The smallest absolute Gasteiger partial charge is 0.262 e. The van der Waals surface area contributed by atoms with E-state index in [9.17, 15) is 13.5 Å². The quantitative estimate of drug-likeness (QED) is 0.773. The Morgan fingerprint density at radius 3 is 1.92 bits per heavy atom. The van der Waals surface area contributed by atoms with Crippen molar-refractivity contribution in [3.8, 4) is 5.75 Å². The van der Waals surface area contributed by atoms with E-state index in [0.29, 0.717) is 33.5 Å². The summed E-state index contributed by atoms with van der Waals surface area (Å²) in [4.78, 5) is 0.272. The zero-order valence-corrected chi connectivity index (χ0v) is 16.3. The van der Waals surface area contributed by atoms with E-state index >= 15 is 0 Å². The molecule has 4 nitrogen and oxygen atoms in total. The van der Waals surface area contributed by atoms with Crippen LogP contribution in [0.4, 0.5) is 5.69 Å². The van der Waals surface area contributed by atoms with Crippen LogP contribution in [-0.2, 0) is 10.0 Å². The normalized spacial score (nSPS) is 11.6. The molecule has 2 N–H and O–H groups in total. The summed E-state index contributed by atoms with van der Waals surface area (Å²) in [6.45, 7) is 10.6. The predicted octanol–water partition coefficient (Wildman–Crippen LogP) is 4.70. The number of benzene rings is 2. The van der Waals surface area contributed by atoms with E-state index in [1.165, 1.54) is 0 Å². The maximum absolute atomic E-state index is 12.9. The van der Waals surface area contributed by atoms with E-state index in [-0.39, 0.29) is 15.7 Å². The molecule has 24 heavy (non-hydrogen) atoms. The molecule has 0 saturated carbocycles. The molecule has 6 heteroatoms. The van der Waals surface area contributed by atoms with Gasteiger partial charge in [-0.25, -0.2) is 8.42 Å². The van der Waals surface area contributed by atoms with Gasteiger partial charge in [-0.1, -0.05) is 29.3 Å². The molecule has 0 bridgehead atoms. The number of phenols is 1. The lowest BCUT2D eigenvalue weighted by Gasteiger charge is -2.19. The van der Waals surface area contributed by atoms with Gasteiger partial charge in [-0.15, -0.1) is 0 Å². The van der Waals surface area contributed by atoms with Crippen LogP contribution in [0.25, 0.3) is 0 Å². The molecule has 0 radical (unpaired) electrons. The van der Waals surface area contributed by atoms with Crippen molar-refractivity contribution in [2.45, 2.75) is 46.4 Å². The van der Waals surface area contributed by atoms with Gasteiger partial charge >= 0.3 is 0 Å². The fourth-order valence-corrected chi connectivity index (χ4v) is 4.91. The minimum absolute atomic E-state index is 0.0164. The summed E-state index contributed by atoms with van der Waals surface area (Å²) in [7, 11) is -3.77. The summed E-state index contributed by atoms with van der Waals surface area (Å²) in [5, 5.41) is 10.2. The number of nitrogens with one attached hydrogen (secondary N) is 1. The summed E-state index contributed by atoms with van der Waals surface area (Å²) in [5.74, 6) is -0.0164. The van der Waals surface area contributed by atoms with Crippen LogP contribution in [-0.4, -0.2) is 13.5 Å². The van der Waals surface area contributed by atoms with Crippen LogP contribution < -0.4 is 4.72 Å². The highest BCUT2D eigenvalue weighted by Gasteiger charge is 2.24. The van der Waals surface area contributed by atoms with Crippen molar-refractivity contribution >= 4 is 27.3 Å². The lowest BCUT2D eigenvalue weighted by Crippen LogP contribution is -2.18. The molecule has 0 fully saturated rings. The second-order valence-electron chi connectivity index (χ2n) is 6.25. The Labute approximate surface area is 148 Å². The fraction of sp³-hybridized carbons (Fsp3) is 0.333. The Morgan fingerprint density at radius 1 is 0.917 bits per heavy atom. The van der Waals surface area contributed by atoms with Crippen LogP contribution in [0, 0.1) is 41.5 Å². The van der Waals surface area contributed by atoms with Crippen LogP contribution in [0.15, 0.2) is 17.0 Å². The maximum atomic E-state index is 12.9. The highest BCUT2D eigenvalue weighted by atomic mass is 35.5. The van der Waals surface area contributed by atoms with E-state index in [2.05, 4.69) is 4.72 Å². The first-order valence-electron chi connectivity index (χ1n) is 7.56. The Morgan fingerprint density at radius 2 is 1.42 bits per heavy atom. The molecule has 0 spiro atoms. The lowest BCUT2D eigenvalue weighted by molar-refractivity contribution is 0.470. The van der Waals surface area contributed by atoms with Crippen LogP contribution in [0.2, 0.25) is 5.02 Å². The number of hydrogen-bond donors (Lipinski definition) is 2. The number of halogens is 1. The molecule has 0 atom stereocenters. The average Bonchev–Trinajstić information content (AvgIpc) is 2.46. The van der Waals surface area contributed by atoms with Gasteiger partial charge < -0.3 is 5.11 Å². The number of phenolic OH excluding ortho intramolecular Hbond substituents is 1. The van der Waals surface area contributed by atoms with Crippen LogP contribution in [0.3, 0.4) is 0 Å². The van der Waals surface area contributed by atoms with E-state index in [1.54, 1.807) is 34.6 Å². The first-order valence-corrected chi connectivity index (χ1v) is 9.42. The summed E-state index contributed by atoms with van der Waals surface area (Å²) < 4.78 is 28.6. The average molecular weight is 368 g/mol. The van der Waals surface area contributed by atoms with Gasteiger partial charge in [0, 0.05) is 0 Å². The monoisotopic (exact) mass is 367 g/mol. The van der Waals surface area contributed by atoms with Gasteiger partial charge in [0.15, 0.2) is 0 Å². The zero-order chi connectivity index (χ0) is 18.4. The molecular weight excluding hydrogens is 346 g/mol. The highest BCUT2D eigenvalue weighted by molar-refractivity contribution is 7.92. The summed E-state index contributed by atoms with van der Waals surface area (Å²) in [6.07, 6.45) is 0. The molecule has 0 aliphatic rings. The van der Waals surface area contributed by atoms with E-state index in [0.717, 1.165) is 5.56 Å². The number of rotatable bonds is 3. The van der Waals surface area contributed by atoms with Gasteiger partial charge in [0.05, 0.1) is 15.6 Å². The first-order chi connectivity index (χ1) is 11.0. The van der Waals surface area contributed by atoms with Crippen molar-refractivity contribution in [1.82, 2.24) is 0 Å². The first kappa shape index (κ1) is 18.6. The molecule has 0 unspecified atom stereocenters. The number of anilines is 1. The van der Waals surface area contributed by atoms with Gasteiger partial charge in [0.1, 0.15) is 5.75 Å². The molecule has 2 aromatic carbocycles. The summed E-state index contributed by atoms with van der Waals surface area (Å²) in [5.41, 5.74) is 4.52. The van der Waals surface area contributed by atoms with Gasteiger partial charge in [0.2, 0.25) is 0 Å². The van der Waals surface area contributed by atoms with Crippen molar-refractivity contribution in [1.29, 1.82) is 0 Å². The summed E-state index contributed by atoms with van der Waals surface area (Å²) >= 11 is 6.13. The maximum Gasteiger partial charge on any atom is 0.262 e. The van der Waals surface area contributed by atoms with Crippen LogP contribution in [0.5, 0.6) is 5.75 Å². The standard InChI is InChI=1S/C18H22ClNO3S/c1-9-7-10(2)18(11(3)8-9)24(22,23)20-16-12(4)13(5)17(21)15(19)14(16)6/h7-8,20-21H,1-6H3. The van der Waals surface area contributed by atoms with Gasteiger partial charge in [-0.2, -0.15) is 0 Å². The number of aryl methyl sites for hydroxylation is 3. The van der Waals surface area contributed by atoms with E-state index < -0.39 is 10.0 Å². The fourth-order valence-electron chi connectivity index (χ4n) is 3.03. The van der Waals surface area contributed by atoms with Gasteiger partial charge in [0.25, 0.3) is 10.0 Å². The topological polar surface area (TPSA) is 66.4 Å². The molecule has 130 valence electrons. The van der Waals surface area contributed by atoms with Crippen molar-refractivity contribution in [2.24, 2.45) is 0 Å². The Kier molecular flexibility index (Phi) is 4.88. The van der Waals surface area contributed by atoms with E-state index in [4.69, 9.17) is 11.6 Å². The van der Waals surface area contributed by atoms with Gasteiger partial charge in [-0.3, -0.25) is 4.72 Å². The lowest BCUT2D eigenvalue weighted by atomic mass is 10.0. The highest BCUT2D eigenvalue weighted by Crippen LogP contribution is 2.39. The largest absolute Gasteiger partial charge is 0.506 e. The minimum atomic E-state index is -3.77. The molecule has 2 aromatic rings. The zero-order valence-electron chi connectivity index (χ0n) is 14.7. The van der Waals surface area contributed by atoms with Crippen molar-refractivity contribution in [3.63, 3.8) is 0 Å². The Balaban J connectivity index is 2.65. The summed E-state index contributed by atoms with van der Waals surface area (Å²) in [6, 6.07) is 3.69. The van der Waals surface area contributed by atoms with Crippen molar-refractivity contribution in [2.75, 3.05) is 4.72 Å². The van der Waals surface area contributed by atoms with Crippen LogP contribution in [0.1, 0.15) is 33.4 Å². The van der Waals surface area contributed by atoms with E-state index in [1.807, 2.05) is 19.1 Å². The number of hydrogen-bond acceptors (Lipinski definition) is 3. The molecule has 0 heterocycles. The Bertz CT molecular complexity index is 882. The Hall–Kier alpha value is -1.72. The molecular formula is C18H22ClNO3S. The third-order valence-electron chi connectivity index (χ3n) is 4.31. The number of aromatic hydroxyl groups is 1. The second kappa shape index (κ2) is 6.30. The predicted molar refractivity (Wildman–Crippen MR) is 98.8 cm³/mol. The minimum Gasteiger partial charge on any atom is -0.506 e. The molecule has 0 saturated heterocycles. The number of sulfonamides is 1. The van der Waals surface area contributed by atoms with Crippen molar-refractivity contribution < 1.29 is 13.5 Å². The molecule has 0 aliphatic heterocycles. The molecule has 0 aromatic heterocycles. The third-order valence-corrected chi connectivity index (χ3v) is 6.43. The van der Waals surface area contributed by atoms with Gasteiger partial charge in [-0.05, 0) is 69.4 Å². The molecule has 2 rings (SSSR count). The second-order valence-corrected chi connectivity index (χ2v) is 8.24. The van der Waals surface area contributed by atoms with Crippen LogP contribution >= 0.6 is 11.6 Å². The molecule has 0 amide bonds. The van der Waals surface area contributed by atoms with Crippen molar-refractivity contribution in [3.05, 3.63) is 50.5 Å². The molecule has 0 aliphatic carbocycles.